The first-order valence-corrected chi connectivity index (χ1v) is 9.32. The average molecular weight is 392 g/mol. The molecule has 3 aromatic rings. The van der Waals surface area contributed by atoms with Crippen LogP contribution in [-0.4, -0.2) is 32.0 Å². The van der Waals surface area contributed by atoms with E-state index < -0.39 is 11.5 Å². The molecule has 1 aromatic heterocycles. The largest absolute Gasteiger partial charge is 0.326 e. The molecule has 0 bridgehead atoms. The van der Waals surface area contributed by atoms with Gasteiger partial charge in [-0.3, -0.25) is 9.59 Å². The molecule has 1 heterocycles. The third-order valence-electron chi connectivity index (χ3n) is 4.33. The van der Waals surface area contributed by atoms with E-state index in [9.17, 15) is 9.59 Å². The van der Waals surface area contributed by atoms with Gasteiger partial charge in [0, 0.05) is 23.2 Å². The van der Waals surface area contributed by atoms with Gasteiger partial charge in [-0.25, -0.2) is 4.68 Å². The van der Waals surface area contributed by atoms with Crippen molar-refractivity contribution >= 4 is 23.2 Å². The lowest BCUT2D eigenvalue weighted by Crippen LogP contribution is -2.29. The van der Waals surface area contributed by atoms with Crippen molar-refractivity contribution in [1.29, 1.82) is 0 Å². The van der Waals surface area contributed by atoms with E-state index in [1.165, 1.54) is 11.0 Å². The number of carbonyl (C=O) groups is 2. The van der Waals surface area contributed by atoms with Crippen LogP contribution in [0, 0.1) is 5.41 Å². The van der Waals surface area contributed by atoms with Crippen LogP contribution >= 0.6 is 0 Å². The minimum Gasteiger partial charge on any atom is -0.326 e. The molecule has 1 atom stereocenters. The minimum atomic E-state index is -0.611. The van der Waals surface area contributed by atoms with Crippen LogP contribution in [-0.2, 0) is 16.0 Å². The second-order valence-electron chi connectivity index (χ2n) is 7.77. The maximum absolute atomic E-state index is 13.0. The summed E-state index contributed by atoms with van der Waals surface area (Å²) in [7, 11) is 0. The van der Waals surface area contributed by atoms with Crippen molar-refractivity contribution in [2.75, 3.05) is 10.6 Å². The van der Waals surface area contributed by atoms with Crippen LogP contribution in [0.15, 0.2) is 60.9 Å². The molecule has 2 aromatic carbocycles. The van der Waals surface area contributed by atoms with Gasteiger partial charge in [0.05, 0.1) is 0 Å². The highest BCUT2D eigenvalue weighted by Gasteiger charge is 2.23. The molecule has 29 heavy (non-hydrogen) atoms. The lowest BCUT2D eigenvalue weighted by Gasteiger charge is -2.19. The highest BCUT2D eigenvalue weighted by atomic mass is 16.2. The number of carbonyl (C=O) groups excluding carboxylic acids is 2. The number of nitrogens with one attached hydrogen (secondary N) is 2. The van der Waals surface area contributed by atoms with Gasteiger partial charge in [0.25, 0.3) is 0 Å². The summed E-state index contributed by atoms with van der Waals surface area (Å²) in [5.74, 6) is -0.350. The van der Waals surface area contributed by atoms with Gasteiger partial charge in [-0.05, 0) is 34.2 Å². The summed E-state index contributed by atoms with van der Waals surface area (Å²) in [5.41, 5.74) is 1.67. The van der Waals surface area contributed by atoms with Crippen LogP contribution in [0.2, 0.25) is 0 Å². The fourth-order valence-electron chi connectivity index (χ4n) is 2.67. The highest BCUT2D eigenvalue weighted by Crippen LogP contribution is 2.21. The van der Waals surface area contributed by atoms with Gasteiger partial charge in [-0.15, -0.1) is 5.10 Å². The molecule has 0 aliphatic carbocycles. The van der Waals surface area contributed by atoms with Crippen molar-refractivity contribution in [3.05, 3.63) is 66.5 Å². The first-order valence-electron chi connectivity index (χ1n) is 9.32. The van der Waals surface area contributed by atoms with Crippen LogP contribution in [0.25, 0.3) is 0 Å². The number of nitrogens with zero attached hydrogens (tertiary/aromatic N) is 4. The summed E-state index contributed by atoms with van der Waals surface area (Å²) in [4.78, 5) is 25.2. The predicted octanol–water partition coefficient (Wildman–Crippen LogP) is 3.08. The molecule has 0 saturated carbocycles. The fourth-order valence-corrected chi connectivity index (χ4v) is 2.67. The molecule has 0 aliphatic heterocycles. The average Bonchev–Trinajstić information content (AvgIpc) is 3.21. The van der Waals surface area contributed by atoms with E-state index in [0.29, 0.717) is 17.8 Å². The van der Waals surface area contributed by atoms with E-state index in [1.54, 1.807) is 24.3 Å². The summed E-state index contributed by atoms with van der Waals surface area (Å²) >= 11 is 0. The summed E-state index contributed by atoms with van der Waals surface area (Å²) in [5, 5.41) is 17.0. The zero-order valence-electron chi connectivity index (χ0n) is 16.7. The van der Waals surface area contributed by atoms with Crippen LogP contribution < -0.4 is 10.6 Å². The van der Waals surface area contributed by atoms with Crippen LogP contribution in [0.5, 0.6) is 0 Å². The van der Waals surface area contributed by atoms with Gasteiger partial charge in [0.1, 0.15) is 12.4 Å². The molecule has 2 amide bonds. The Morgan fingerprint density at radius 2 is 1.69 bits per heavy atom. The number of rotatable bonds is 6. The van der Waals surface area contributed by atoms with Gasteiger partial charge >= 0.3 is 0 Å². The Kier molecular flexibility index (Phi) is 6.01. The molecule has 8 nitrogen and oxygen atoms in total. The van der Waals surface area contributed by atoms with Crippen molar-refractivity contribution < 1.29 is 9.59 Å². The zero-order valence-corrected chi connectivity index (χ0v) is 16.7. The Hall–Kier alpha value is -3.55. The molecule has 0 aliphatic rings. The Morgan fingerprint density at radius 3 is 2.31 bits per heavy atom. The van der Waals surface area contributed by atoms with Crippen molar-refractivity contribution in [1.82, 2.24) is 20.2 Å². The molecule has 150 valence electrons. The number of tetrazole rings is 1. The number of aromatic nitrogens is 4. The van der Waals surface area contributed by atoms with Crippen molar-refractivity contribution in [3.63, 3.8) is 0 Å². The third-order valence-corrected chi connectivity index (χ3v) is 4.33. The molecule has 0 spiro atoms. The number of hydrogen-bond acceptors (Lipinski definition) is 5. The second-order valence-corrected chi connectivity index (χ2v) is 7.77. The fraction of sp³-hybridized carbons (Fsp3) is 0.286. The summed E-state index contributed by atoms with van der Waals surface area (Å²) in [6, 6.07) is 16.1. The number of amides is 2. The topological polar surface area (TPSA) is 102 Å². The smallest absolute Gasteiger partial charge is 0.249 e. The van der Waals surface area contributed by atoms with Gasteiger partial charge in [0.2, 0.25) is 11.8 Å². The van der Waals surface area contributed by atoms with E-state index in [0.717, 1.165) is 5.56 Å². The molecule has 0 fully saturated rings. The summed E-state index contributed by atoms with van der Waals surface area (Å²) < 4.78 is 1.44. The molecular formula is C21H24N6O2. The lowest BCUT2D eigenvalue weighted by molar-refractivity contribution is -0.123. The summed E-state index contributed by atoms with van der Waals surface area (Å²) in [6.07, 6.45) is 1.87. The minimum absolute atomic E-state index is 0.100. The van der Waals surface area contributed by atoms with Crippen LogP contribution in [0.3, 0.4) is 0 Å². The number of anilines is 2. The van der Waals surface area contributed by atoms with Crippen LogP contribution in [0.1, 0.15) is 32.4 Å². The Bertz CT molecular complexity index is 964. The van der Waals surface area contributed by atoms with Crippen LogP contribution in [0.4, 0.5) is 11.4 Å². The van der Waals surface area contributed by atoms with E-state index in [-0.39, 0.29) is 11.8 Å². The van der Waals surface area contributed by atoms with E-state index in [2.05, 4.69) is 26.2 Å². The third kappa shape index (κ3) is 5.47. The Morgan fingerprint density at radius 1 is 1.00 bits per heavy atom. The normalized spacial score (nSPS) is 12.2. The zero-order chi connectivity index (χ0) is 20.9. The van der Waals surface area contributed by atoms with Crippen molar-refractivity contribution in [2.45, 2.75) is 33.2 Å². The number of benzene rings is 2. The standard InChI is InChI=1S/C21H24N6O2/c1-21(2,3)20(29)24-17-11-7-10-16(13-17)23-19(28)18(27-14-22-25-26-27)12-15-8-5-4-6-9-15/h4-11,13-14,18H,12H2,1-3H3,(H,23,28)(H,24,29). The molecule has 8 heteroatoms. The van der Waals surface area contributed by atoms with Gasteiger partial charge < -0.3 is 10.6 Å². The molecule has 2 N–H and O–H groups in total. The lowest BCUT2D eigenvalue weighted by atomic mass is 9.95. The van der Waals surface area contributed by atoms with Gasteiger partial charge in [-0.1, -0.05) is 57.2 Å². The first-order chi connectivity index (χ1) is 13.8. The second kappa shape index (κ2) is 8.64. The summed E-state index contributed by atoms with van der Waals surface area (Å²) in [6.45, 7) is 5.52. The SMILES string of the molecule is CC(C)(C)C(=O)Nc1cccc(NC(=O)C(Cc2ccccc2)n2cnnn2)c1. The van der Waals surface area contributed by atoms with Crippen molar-refractivity contribution in [3.8, 4) is 0 Å². The maximum Gasteiger partial charge on any atom is 0.249 e. The first kappa shape index (κ1) is 20.2. The van der Waals surface area contributed by atoms with Gasteiger partial charge in [-0.2, -0.15) is 0 Å². The van der Waals surface area contributed by atoms with E-state index in [1.807, 2.05) is 51.1 Å². The predicted molar refractivity (Wildman–Crippen MR) is 110 cm³/mol. The monoisotopic (exact) mass is 392 g/mol. The molecule has 3 rings (SSSR count). The van der Waals surface area contributed by atoms with E-state index in [4.69, 9.17) is 0 Å². The highest BCUT2D eigenvalue weighted by molar-refractivity contribution is 5.97. The van der Waals surface area contributed by atoms with Crippen molar-refractivity contribution in [2.24, 2.45) is 5.41 Å². The molecule has 1 unspecified atom stereocenters. The maximum atomic E-state index is 13.0. The van der Waals surface area contributed by atoms with Gasteiger partial charge in [0.15, 0.2) is 0 Å². The molecule has 0 radical (unpaired) electrons. The number of hydrogen-bond donors (Lipinski definition) is 2. The molecular weight excluding hydrogens is 368 g/mol. The molecule has 0 saturated heterocycles. The Balaban J connectivity index is 1.76. The van der Waals surface area contributed by atoms with E-state index >= 15 is 0 Å². The Labute approximate surface area is 169 Å². The quantitative estimate of drug-likeness (QED) is 0.671.